The average Bonchev–Trinajstić information content (AvgIpc) is 2.70. The van der Waals surface area contributed by atoms with E-state index in [0.717, 1.165) is 19.3 Å². The number of likely N-dealkylation sites (N-methyl/N-ethyl adjacent to an activating group) is 1. The van der Waals surface area contributed by atoms with Crippen LogP contribution in [-0.2, 0) is 19.2 Å². The second kappa shape index (κ2) is 12.3. The summed E-state index contributed by atoms with van der Waals surface area (Å²) in [5.74, 6) is -2.08. The number of hydrogen-bond acceptors (Lipinski definition) is 5. The second-order valence-corrected chi connectivity index (χ2v) is 8.11. The Morgan fingerprint density at radius 1 is 1.27 bits per heavy atom. The summed E-state index contributed by atoms with van der Waals surface area (Å²) in [6, 6.07) is -2.37. The summed E-state index contributed by atoms with van der Waals surface area (Å²) in [4.78, 5) is 50.7. The summed E-state index contributed by atoms with van der Waals surface area (Å²) in [5, 5.41) is 13.1. The molecule has 1 rings (SSSR count). The Hall–Kier alpha value is -2.42. The minimum absolute atomic E-state index is 0.117. The van der Waals surface area contributed by atoms with Crippen LogP contribution < -0.4 is 10.7 Å². The normalized spacial score (nSPS) is 18.4. The van der Waals surface area contributed by atoms with Gasteiger partial charge in [-0.05, 0) is 44.9 Å². The van der Waals surface area contributed by atoms with Crippen molar-refractivity contribution >= 4 is 23.7 Å². The maximum absolute atomic E-state index is 12.9. The number of amides is 3. The number of carbonyl (C=O) groups excluding carboxylic acids is 3. The van der Waals surface area contributed by atoms with Gasteiger partial charge in [0.25, 0.3) is 5.91 Å². The van der Waals surface area contributed by atoms with Gasteiger partial charge in [-0.1, -0.05) is 19.9 Å². The molecule has 0 unspecified atom stereocenters. The molecule has 30 heavy (non-hydrogen) atoms. The van der Waals surface area contributed by atoms with Crippen molar-refractivity contribution < 1.29 is 24.3 Å². The third kappa shape index (κ3) is 7.44. The van der Waals surface area contributed by atoms with E-state index < -0.39 is 35.9 Å². The van der Waals surface area contributed by atoms with Gasteiger partial charge in [0.05, 0.1) is 0 Å². The maximum Gasteiger partial charge on any atom is 0.322 e. The SMILES string of the molecule is C=CCCCCC(=O)N(C)[C@H](C(=O)N[C@@H](C)C(=O)N1CCC[C@@H](C(=O)O)N1)C(C)C. The number of allylic oxidation sites excluding steroid dienone is 1. The maximum atomic E-state index is 12.9. The van der Waals surface area contributed by atoms with E-state index in [4.69, 9.17) is 5.11 Å². The summed E-state index contributed by atoms with van der Waals surface area (Å²) in [7, 11) is 1.61. The highest BCUT2D eigenvalue weighted by Gasteiger charge is 2.34. The fraction of sp³-hybridized carbons (Fsp3) is 0.714. The van der Waals surface area contributed by atoms with Crippen LogP contribution in [0.5, 0.6) is 0 Å². The van der Waals surface area contributed by atoms with E-state index >= 15 is 0 Å². The highest BCUT2D eigenvalue weighted by molar-refractivity contribution is 5.92. The Labute approximate surface area is 178 Å². The zero-order valence-corrected chi connectivity index (χ0v) is 18.5. The first-order chi connectivity index (χ1) is 14.1. The molecule has 9 heteroatoms. The largest absolute Gasteiger partial charge is 0.480 e. The molecule has 1 saturated heterocycles. The molecular weight excluding hydrogens is 388 g/mol. The van der Waals surface area contributed by atoms with Gasteiger partial charge < -0.3 is 15.3 Å². The molecule has 9 nitrogen and oxygen atoms in total. The first kappa shape index (κ1) is 25.6. The van der Waals surface area contributed by atoms with Crippen molar-refractivity contribution in [1.82, 2.24) is 20.7 Å². The molecule has 0 bridgehead atoms. The lowest BCUT2D eigenvalue weighted by molar-refractivity contribution is -0.149. The van der Waals surface area contributed by atoms with E-state index in [-0.39, 0.29) is 11.8 Å². The third-order valence-corrected chi connectivity index (χ3v) is 5.24. The zero-order chi connectivity index (χ0) is 22.8. The number of hydrogen-bond donors (Lipinski definition) is 3. The predicted octanol–water partition coefficient (Wildman–Crippen LogP) is 1.30. The van der Waals surface area contributed by atoms with Crippen molar-refractivity contribution in [2.45, 2.75) is 77.4 Å². The van der Waals surface area contributed by atoms with Gasteiger partial charge in [-0.25, -0.2) is 5.43 Å². The van der Waals surface area contributed by atoms with Gasteiger partial charge in [0, 0.05) is 20.0 Å². The van der Waals surface area contributed by atoms with Gasteiger partial charge in [0.1, 0.15) is 18.1 Å². The van der Waals surface area contributed by atoms with E-state index in [1.165, 1.54) is 9.91 Å². The fourth-order valence-electron chi connectivity index (χ4n) is 3.54. The molecular formula is C21H36N4O5. The molecule has 170 valence electrons. The van der Waals surface area contributed by atoms with Gasteiger partial charge in [-0.3, -0.25) is 24.2 Å². The minimum Gasteiger partial charge on any atom is -0.480 e. The Morgan fingerprint density at radius 2 is 1.93 bits per heavy atom. The van der Waals surface area contributed by atoms with E-state index in [1.54, 1.807) is 14.0 Å². The number of hydrazine groups is 1. The van der Waals surface area contributed by atoms with Crippen molar-refractivity contribution in [2.75, 3.05) is 13.6 Å². The zero-order valence-electron chi connectivity index (χ0n) is 18.5. The van der Waals surface area contributed by atoms with Crippen molar-refractivity contribution in [3.05, 3.63) is 12.7 Å². The van der Waals surface area contributed by atoms with E-state index in [2.05, 4.69) is 17.3 Å². The number of nitrogens with one attached hydrogen (secondary N) is 2. The van der Waals surface area contributed by atoms with Gasteiger partial charge >= 0.3 is 5.97 Å². The van der Waals surface area contributed by atoms with Crippen LogP contribution in [0.3, 0.4) is 0 Å². The van der Waals surface area contributed by atoms with Crippen LogP contribution >= 0.6 is 0 Å². The van der Waals surface area contributed by atoms with Crippen molar-refractivity contribution in [1.29, 1.82) is 0 Å². The Morgan fingerprint density at radius 3 is 2.50 bits per heavy atom. The first-order valence-electron chi connectivity index (χ1n) is 10.6. The molecule has 0 aromatic carbocycles. The van der Waals surface area contributed by atoms with E-state index in [9.17, 15) is 19.2 Å². The van der Waals surface area contributed by atoms with Crippen LogP contribution in [0.15, 0.2) is 12.7 Å². The Balaban J connectivity index is 2.70. The number of nitrogens with zero attached hydrogens (tertiary/aromatic N) is 2. The Kier molecular flexibility index (Phi) is 10.5. The van der Waals surface area contributed by atoms with Gasteiger partial charge in [0.2, 0.25) is 11.8 Å². The number of aliphatic carboxylic acids is 1. The number of carbonyl (C=O) groups is 4. The molecule has 0 aromatic rings. The van der Waals surface area contributed by atoms with Crippen LogP contribution in [0.2, 0.25) is 0 Å². The molecule has 0 aromatic heterocycles. The lowest BCUT2D eigenvalue weighted by Crippen LogP contribution is -2.60. The van der Waals surface area contributed by atoms with Crippen LogP contribution in [0, 0.1) is 5.92 Å². The average molecular weight is 425 g/mol. The van der Waals surface area contributed by atoms with Gasteiger partial charge in [0.15, 0.2) is 0 Å². The highest BCUT2D eigenvalue weighted by atomic mass is 16.4. The third-order valence-electron chi connectivity index (χ3n) is 5.24. The van der Waals surface area contributed by atoms with E-state index in [0.29, 0.717) is 25.8 Å². The monoisotopic (exact) mass is 424 g/mol. The minimum atomic E-state index is -1.02. The van der Waals surface area contributed by atoms with E-state index in [1.807, 2.05) is 19.9 Å². The van der Waals surface area contributed by atoms with Crippen LogP contribution in [0.1, 0.15) is 59.3 Å². The number of carboxylic acid groups (broad SMARTS) is 1. The summed E-state index contributed by atoms with van der Waals surface area (Å²) < 4.78 is 0. The van der Waals surface area contributed by atoms with Crippen LogP contribution in [0.25, 0.3) is 0 Å². The van der Waals surface area contributed by atoms with Crippen LogP contribution in [-0.4, -0.2) is 70.4 Å². The molecule has 0 aliphatic carbocycles. The summed E-state index contributed by atoms with van der Waals surface area (Å²) in [6.45, 7) is 9.29. The number of rotatable bonds is 11. The van der Waals surface area contributed by atoms with Gasteiger partial charge in [-0.15, -0.1) is 6.58 Å². The molecule has 0 radical (unpaired) electrons. The number of carboxylic acids is 1. The molecule has 1 aliphatic rings. The van der Waals surface area contributed by atoms with Crippen molar-refractivity contribution in [3.8, 4) is 0 Å². The topological polar surface area (TPSA) is 119 Å². The van der Waals surface area contributed by atoms with Crippen LogP contribution in [0.4, 0.5) is 0 Å². The molecule has 3 amide bonds. The predicted molar refractivity (Wildman–Crippen MR) is 113 cm³/mol. The second-order valence-electron chi connectivity index (χ2n) is 8.11. The van der Waals surface area contributed by atoms with Crippen molar-refractivity contribution in [2.24, 2.45) is 5.92 Å². The smallest absolute Gasteiger partial charge is 0.322 e. The molecule has 0 saturated carbocycles. The summed E-state index contributed by atoms with van der Waals surface area (Å²) >= 11 is 0. The molecule has 1 heterocycles. The molecule has 3 atom stereocenters. The lowest BCUT2D eigenvalue weighted by Gasteiger charge is -2.35. The van der Waals surface area contributed by atoms with Gasteiger partial charge in [-0.2, -0.15) is 0 Å². The number of unbranched alkanes of at least 4 members (excludes halogenated alkanes) is 2. The van der Waals surface area contributed by atoms with Crippen molar-refractivity contribution in [3.63, 3.8) is 0 Å². The molecule has 1 fully saturated rings. The lowest BCUT2D eigenvalue weighted by atomic mass is 10.0. The molecule has 0 spiro atoms. The summed E-state index contributed by atoms with van der Waals surface area (Å²) in [5.41, 5.74) is 2.69. The summed E-state index contributed by atoms with van der Waals surface area (Å²) in [6.07, 6.45) is 5.60. The molecule has 1 aliphatic heterocycles. The molecule has 3 N–H and O–H groups in total. The Bertz CT molecular complexity index is 637. The fourth-order valence-corrected chi connectivity index (χ4v) is 3.54. The first-order valence-corrected chi connectivity index (χ1v) is 10.6. The standard InChI is InChI=1S/C21H36N4O5/c1-6-7-8-9-12-17(26)24(5)18(14(2)3)19(27)22-15(4)20(28)25-13-10-11-16(23-25)21(29)30/h6,14-16,18,23H,1,7-13H2,2-5H3,(H,22,27)(H,29,30)/t15-,16-,18-/m0/s1. The quantitative estimate of drug-likeness (QED) is 0.340. The highest BCUT2D eigenvalue weighted by Crippen LogP contribution is 2.14.